The summed E-state index contributed by atoms with van der Waals surface area (Å²) in [7, 11) is 0. The average Bonchev–Trinajstić information content (AvgIpc) is 2.79. The fourth-order valence-corrected chi connectivity index (χ4v) is 3.52. The molecule has 0 bridgehead atoms. The molecule has 29 heavy (non-hydrogen) atoms. The number of para-hydroxylation sites is 3. The van der Waals surface area contributed by atoms with Crippen molar-refractivity contribution in [3.63, 3.8) is 0 Å². The van der Waals surface area contributed by atoms with Gasteiger partial charge in [0, 0.05) is 31.9 Å². The zero-order chi connectivity index (χ0) is 20.2. The van der Waals surface area contributed by atoms with Gasteiger partial charge in [0.25, 0.3) is 5.91 Å². The van der Waals surface area contributed by atoms with Crippen molar-refractivity contribution in [3.05, 3.63) is 54.6 Å². The molecule has 0 aliphatic carbocycles. The Morgan fingerprint density at radius 3 is 2.34 bits per heavy atom. The van der Waals surface area contributed by atoms with Crippen LogP contribution in [-0.2, 0) is 14.3 Å². The second-order valence-electron chi connectivity index (χ2n) is 7.09. The first-order valence-electron chi connectivity index (χ1n) is 9.79. The molecule has 2 atom stereocenters. The number of benzene rings is 2. The molecule has 2 aliphatic heterocycles. The SMILES string of the molecule is C[C@@H](OC(=O)[C@@H]1COc2ccccc2O1)C(=O)N1CCN(c2ccccc2)CC1. The van der Waals surface area contributed by atoms with E-state index in [0.29, 0.717) is 24.6 Å². The van der Waals surface area contributed by atoms with E-state index in [1.54, 1.807) is 30.0 Å². The van der Waals surface area contributed by atoms with Crippen molar-refractivity contribution in [3.8, 4) is 11.5 Å². The highest BCUT2D eigenvalue weighted by Crippen LogP contribution is 2.31. The smallest absolute Gasteiger partial charge is 0.351 e. The number of fused-ring (bicyclic) bond motifs is 1. The van der Waals surface area contributed by atoms with Crippen LogP contribution >= 0.6 is 0 Å². The van der Waals surface area contributed by atoms with Gasteiger partial charge in [0.2, 0.25) is 6.10 Å². The van der Waals surface area contributed by atoms with Gasteiger partial charge >= 0.3 is 5.97 Å². The number of nitrogens with zero attached hydrogens (tertiary/aromatic N) is 2. The minimum Gasteiger partial charge on any atom is -0.485 e. The standard InChI is InChI=1S/C22H24N2O5/c1-16(28-22(26)20-15-27-18-9-5-6-10-19(18)29-20)21(25)24-13-11-23(12-14-24)17-7-3-2-4-8-17/h2-10,16,20H,11-15H2,1H3/t16-,20+/m1/s1. The summed E-state index contributed by atoms with van der Waals surface area (Å²) >= 11 is 0. The van der Waals surface area contributed by atoms with E-state index in [1.807, 2.05) is 24.3 Å². The van der Waals surface area contributed by atoms with Crippen molar-refractivity contribution >= 4 is 17.6 Å². The van der Waals surface area contributed by atoms with E-state index < -0.39 is 18.2 Å². The third-order valence-corrected chi connectivity index (χ3v) is 5.12. The van der Waals surface area contributed by atoms with E-state index in [-0.39, 0.29) is 12.5 Å². The Morgan fingerprint density at radius 1 is 0.966 bits per heavy atom. The second-order valence-corrected chi connectivity index (χ2v) is 7.09. The molecular formula is C22H24N2O5. The van der Waals surface area contributed by atoms with Crippen molar-refractivity contribution in [2.45, 2.75) is 19.1 Å². The number of hydrogen-bond donors (Lipinski definition) is 0. The van der Waals surface area contributed by atoms with Gasteiger partial charge in [-0.05, 0) is 31.2 Å². The molecule has 7 heteroatoms. The van der Waals surface area contributed by atoms with Crippen LogP contribution in [0.25, 0.3) is 0 Å². The minimum absolute atomic E-state index is 0.0620. The molecule has 2 heterocycles. The molecule has 0 saturated carbocycles. The van der Waals surface area contributed by atoms with Gasteiger partial charge in [0.15, 0.2) is 17.6 Å². The first kappa shape index (κ1) is 19.1. The fourth-order valence-electron chi connectivity index (χ4n) is 3.52. The summed E-state index contributed by atoms with van der Waals surface area (Å²) < 4.78 is 16.6. The molecular weight excluding hydrogens is 372 g/mol. The molecule has 4 rings (SSSR count). The lowest BCUT2D eigenvalue weighted by molar-refractivity contribution is -0.166. The summed E-state index contributed by atoms with van der Waals surface area (Å²) in [6, 6.07) is 17.3. The Hall–Kier alpha value is -3.22. The highest BCUT2D eigenvalue weighted by molar-refractivity contribution is 5.85. The predicted molar refractivity (Wildman–Crippen MR) is 107 cm³/mol. The number of carbonyl (C=O) groups is 2. The zero-order valence-corrected chi connectivity index (χ0v) is 16.3. The summed E-state index contributed by atoms with van der Waals surface area (Å²) in [6.45, 7) is 4.32. The number of piperazine rings is 1. The maximum Gasteiger partial charge on any atom is 0.351 e. The molecule has 152 valence electrons. The Kier molecular flexibility index (Phi) is 5.55. The van der Waals surface area contributed by atoms with Crippen LogP contribution in [0.5, 0.6) is 11.5 Å². The number of esters is 1. The predicted octanol–water partition coefficient (Wildman–Crippen LogP) is 2.11. The largest absolute Gasteiger partial charge is 0.485 e. The van der Waals surface area contributed by atoms with Gasteiger partial charge in [-0.2, -0.15) is 0 Å². The van der Waals surface area contributed by atoms with E-state index in [4.69, 9.17) is 14.2 Å². The Balaban J connectivity index is 1.28. The van der Waals surface area contributed by atoms with Gasteiger partial charge in [0.1, 0.15) is 6.61 Å². The zero-order valence-electron chi connectivity index (χ0n) is 16.3. The number of ether oxygens (including phenoxy) is 3. The Labute approximate surface area is 169 Å². The molecule has 2 aromatic rings. The van der Waals surface area contributed by atoms with Gasteiger partial charge in [-0.15, -0.1) is 0 Å². The monoisotopic (exact) mass is 396 g/mol. The van der Waals surface area contributed by atoms with Gasteiger partial charge in [-0.1, -0.05) is 30.3 Å². The number of amides is 1. The number of hydrogen-bond acceptors (Lipinski definition) is 6. The normalized spacial score (nSPS) is 19.4. The highest BCUT2D eigenvalue weighted by Gasteiger charge is 2.33. The fraction of sp³-hybridized carbons (Fsp3) is 0.364. The van der Waals surface area contributed by atoms with Gasteiger partial charge in [-0.25, -0.2) is 4.79 Å². The van der Waals surface area contributed by atoms with Crippen LogP contribution < -0.4 is 14.4 Å². The van der Waals surface area contributed by atoms with E-state index in [2.05, 4.69) is 17.0 Å². The Morgan fingerprint density at radius 2 is 1.62 bits per heavy atom. The maximum absolute atomic E-state index is 12.7. The molecule has 0 unspecified atom stereocenters. The third-order valence-electron chi connectivity index (χ3n) is 5.12. The molecule has 2 aliphatic rings. The van der Waals surface area contributed by atoms with Gasteiger partial charge < -0.3 is 24.0 Å². The number of anilines is 1. The van der Waals surface area contributed by atoms with Crippen molar-refractivity contribution < 1.29 is 23.8 Å². The summed E-state index contributed by atoms with van der Waals surface area (Å²) in [5, 5.41) is 0. The van der Waals surface area contributed by atoms with E-state index in [9.17, 15) is 9.59 Å². The van der Waals surface area contributed by atoms with Crippen molar-refractivity contribution in [1.29, 1.82) is 0 Å². The summed E-state index contributed by atoms with van der Waals surface area (Å²) in [6.07, 6.45) is -1.75. The quantitative estimate of drug-likeness (QED) is 0.738. The van der Waals surface area contributed by atoms with Crippen LogP contribution in [-0.4, -0.2) is 61.8 Å². The topological polar surface area (TPSA) is 68.3 Å². The molecule has 2 aromatic carbocycles. The maximum atomic E-state index is 12.7. The summed E-state index contributed by atoms with van der Waals surface area (Å²) in [5.74, 6) is 0.306. The van der Waals surface area contributed by atoms with E-state index >= 15 is 0 Å². The molecule has 0 spiro atoms. The van der Waals surface area contributed by atoms with Gasteiger partial charge in [-0.3, -0.25) is 4.79 Å². The molecule has 1 saturated heterocycles. The summed E-state index contributed by atoms with van der Waals surface area (Å²) in [4.78, 5) is 29.1. The lowest BCUT2D eigenvalue weighted by Gasteiger charge is -2.37. The average molecular weight is 396 g/mol. The van der Waals surface area contributed by atoms with E-state index in [1.165, 1.54) is 0 Å². The second kappa shape index (κ2) is 8.43. The summed E-state index contributed by atoms with van der Waals surface area (Å²) in [5.41, 5.74) is 1.15. The number of rotatable bonds is 4. The number of carbonyl (C=O) groups excluding carboxylic acids is 2. The van der Waals surface area contributed by atoms with E-state index in [0.717, 1.165) is 18.8 Å². The van der Waals surface area contributed by atoms with Crippen LogP contribution in [0.1, 0.15) is 6.92 Å². The highest BCUT2D eigenvalue weighted by atomic mass is 16.6. The van der Waals surface area contributed by atoms with Crippen LogP contribution in [0.15, 0.2) is 54.6 Å². The van der Waals surface area contributed by atoms with Crippen molar-refractivity contribution in [1.82, 2.24) is 4.90 Å². The first-order valence-corrected chi connectivity index (χ1v) is 9.79. The van der Waals surface area contributed by atoms with Crippen LogP contribution in [0, 0.1) is 0 Å². The van der Waals surface area contributed by atoms with Crippen LogP contribution in [0.3, 0.4) is 0 Å². The molecule has 1 fully saturated rings. The third kappa shape index (κ3) is 4.29. The minimum atomic E-state index is -0.880. The first-order chi connectivity index (χ1) is 14.1. The van der Waals surface area contributed by atoms with Crippen molar-refractivity contribution in [2.75, 3.05) is 37.7 Å². The van der Waals surface area contributed by atoms with Crippen molar-refractivity contribution in [2.24, 2.45) is 0 Å². The lowest BCUT2D eigenvalue weighted by atomic mass is 10.2. The molecule has 0 N–H and O–H groups in total. The molecule has 0 aromatic heterocycles. The van der Waals surface area contributed by atoms with Gasteiger partial charge in [0.05, 0.1) is 0 Å². The Bertz CT molecular complexity index is 865. The van der Waals surface area contributed by atoms with Crippen LogP contribution in [0.4, 0.5) is 5.69 Å². The van der Waals surface area contributed by atoms with Crippen LogP contribution in [0.2, 0.25) is 0 Å². The lowest BCUT2D eigenvalue weighted by Crippen LogP contribution is -2.52. The molecule has 0 radical (unpaired) electrons. The molecule has 7 nitrogen and oxygen atoms in total. The molecule has 1 amide bonds.